The Hall–Kier alpha value is -4.16. The minimum absolute atomic E-state index is 0.196. The normalized spacial score (nSPS) is 10.8. The summed E-state index contributed by atoms with van der Waals surface area (Å²) in [6.07, 6.45) is 1.40. The van der Waals surface area contributed by atoms with Gasteiger partial charge in [-0.1, -0.05) is 60.1 Å². The van der Waals surface area contributed by atoms with Gasteiger partial charge in [-0.05, 0) is 47.9 Å². The van der Waals surface area contributed by atoms with Crippen LogP contribution in [0.4, 0.5) is 0 Å². The molecule has 1 amide bonds. The fourth-order valence-electron chi connectivity index (χ4n) is 3.10. The van der Waals surface area contributed by atoms with Gasteiger partial charge in [0.1, 0.15) is 11.5 Å². The van der Waals surface area contributed by atoms with Crippen LogP contribution < -0.4 is 14.9 Å². The first-order valence-corrected chi connectivity index (χ1v) is 10.5. The zero-order valence-electron chi connectivity index (χ0n) is 17.4. The summed E-state index contributed by atoms with van der Waals surface area (Å²) >= 11 is 5.85. The van der Waals surface area contributed by atoms with E-state index in [9.17, 15) is 9.59 Å². The van der Waals surface area contributed by atoms with Gasteiger partial charge in [0.25, 0.3) is 5.91 Å². The van der Waals surface area contributed by atoms with Gasteiger partial charge in [0.15, 0.2) is 6.61 Å². The molecule has 164 valence electrons. The molecule has 0 atom stereocenters. The predicted molar refractivity (Wildman–Crippen MR) is 128 cm³/mol. The molecule has 0 unspecified atom stereocenters. The first kappa shape index (κ1) is 22.0. The molecule has 0 aromatic heterocycles. The highest BCUT2D eigenvalue weighted by molar-refractivity contribution is 6.30. The number of esters is 1. The van der Waals surface area contributed by atoms with Gasteiger partial charge in [-0.15, -0.1) is 0 Å². The molecule has 0 radical (unpaired) electrons. The molecule has 0 aliphatic carbocycles. The largest absolute Gasteiger partial charge is 0.483 e. The number of benzene rings is 4. The van der Waals surface area contributed by atoms with Gasteiger partial charge in [0.2, 0.25) is 0 Å². The van der Waals surface area contributed by atoms with Crippen LogP contribution in [0.3, 0.4) is 0 Å². The van der Waals surface area contributed by atoms with E-state index in [1.807, 2.05) is 42.5 Å². The topological polar surface area (TPSA) is 77.0 Å². The molecule has 0 bridgehead atoms. The van der Waals surface area contributed by atoms with E-state index in [1.165, 1.54) is 6.21 Å². The number of halogens is 1. The molecule has 0 aliphatic rings. The monoisotopic (exact) mass is 458 g/mol. The zero-order valence-corrected chi connectivity index (χ0v) is 18.2. The number of nitrogens with zero attached hydrogens (tertiary/aromatic N) is 1. The predicted octanol–water partition coefficient (Wildman–Crippen LogP) is 5.24. The third-order valence-corrected chi connectivity index (χ3v) is 4.95. The number of hydrazone groups is 1. The molecule has 0 spiro atoms. The van der Waals surface area contributed by atoms with Crippen LogP contribution in [0.15, 0.2) is 96.1 Å². The summed E-state index contributed by atoms with van der Waals surface area (Å²) in [6, 6.07) is 26.7. The van der Waals surface area contributed by atoms with Gasteiger partial charge in [-0.3, -0.25) is 4.79 Å². The average molecular weight is 459 g/mol. The highest BCUT2D eigenvalue weighted by Crippen LogP contribution is 2.25. The number of amides is 1. The third kappa shape index (κ3) is 5.75. The lowest BCUT2D eigenvalue weighted by molar-refractivity contribution is -0.123. The molecule has 0 saturated heterocycles. The fourth-order valence-corrected chi connectivity index (χ4v) is 3.22. The highest BCUT2D eigenvalue weighted by atomic mass is 35.5. The standard InChI is InChI=1S/C26H19ClN2O4/c27-21-14-12-19(13-15-21)26(31)33-23-10-4-2-7-20(23)16-28-29-25(30)17-32-24-11-5-8-18-6-1-3-9-22(18)24/h1-16H,17H2,(H,29,30). The summed E-state index contributed by atoms with van der Waals surface area (Å²) in [7, 11) is 0. The number of nitrogens with one attached hydrogen (secondary N) is 1. The Morgan fingerprint density at radius 1 is 0.848 bits per heavy atom. The van der Waals surface area contributed by atoms with Gasteiger partial charge >= 0.3 is 5.97 Å². The van der Waals surface area contributed by atoms with E-state index in [1.54, 1.807) is 48.5 Å². The SMILES string of the molecule is O=C(COc1cccc2ccccc12)NN=Cc1ccccc1OC(=O)c1ccc(Cl)cc1. The van der Waals surface area contributed by atoms with Gasteiger partial charge in [0, 0.05) is 16.0 Å². The number of ether oxygens (including phenoxy) is 2. The van der Waals surface area contributed by atoms with Crippen molar-refractivity contribution in [2.24, 2.45) is 5.10 Å². The van der Waals surface area contributed by atoms with Crippen LogP contribution >= 0.6 is 11.6 Å². The van der Waals surface area contributed by atoms with E-state index in [4.69, 9.17) is 21.1 Å². The summed E-state index contributed by atoms with van der Waals surface area (Å²) < 4.78 is 11.1. The summed E-state index contributed by atoms with van der Waals surface area (Å²) in [5, 5.41) is 6.43. The number of para-hydroxylation sites is 1. The smallest absolute Gasteiger partial charge is 0.343 e. The number of fused-ring (bicyclic) bond motifs is 1. The summed E-state index contributed by atoms with van der Waals surface area (Å²) in [5.74, 6) is -0.0241. The molecule has 7 heteroatoms. The maximum Gasteiger partial charge on any atom is 0.343 e. The Kier molecular flexibility index (Phi) is 6.97. The van der Waals surface area contributed by atoms with Crippen LogP contribution in [0, 0.1) is 0 Å². The first-order chi connectivity index (χ1) is 16.1. The van der Waals surface area contributed by atoms with Crippen LogP contribution in [-0.2, 0) is 4.79 Å². The van der Waals surface area contributed by atoms with E-state index >= 15 is 0 Å². The number of carbonyl (C=O) groups is 2. The lowest BCUT2D eigenvalue weighted by Gasteiger charge is -2.09. The second-order valence-electron chi connectivity index (χ2n) is 6.99. The quantitative estimate of drug-likeness (QED) is 0.178. The summed E-state index contributed by atoms with van der Waals surface area (Å²) in [6.45, 7) is -0.196. The summed E-state index contributed by atoms with van der Waals surface area (Å²) in [5.41, 5.74) is 3.31. The van der Waals surface area contributed by atoms with E-state index in [-0.39, 0.29) is 6.61 Å². The molecule has 0 saturated carbocycles. The van der Waals surface area contributed by atoms with Crippen LogP contribution in [0.25, 0.3) is 10.8 Å². The second-order valence-corrected chi connectivity index (χ2v) is 7.43. The molecule has 4 aromatic carbocycles. The van der Waals surface area contributed by atoms with E-state index in [2.05, 4.69) is 10.5 Å². The molecule has 4 aromatic rings. The van der Waals surface area contributed by atoms with Crippen molar-refractivity contribution in [2.75, 3.05) is 6.61 Å². The Labute approximate surface area is 195 Å². The maximum absolute atomic E-state index is 12.4. The van der Waals surface area contributed by atoms with Crippen molar-refractivity contribution in [3.05, 3.63) is 107 Å². The molecule has 1 N–H and O–H groups in total. The van der Waals surface area contributed by atoms with Crippen molar-refractivity contribution in [3.63, 3.8) is 0 Å². The number of hydrogen-bond acceptors (Lipinski definition) is 5. The minimum Gasteiger partial charge on any atom is -0.483 e. The summed E-state index contributed by atoms with van der Waals surface area (Å²) in [4.78, 5) is 24.5. The van der Waals surface area contributed by atoms with Gasteiger partial charge < -0.3 is 9.47 Å². The average Bonchev–Trinajstić information content (AvgIpc) is 2.84. The zero-order chi connectivity index (χ0) is 23.0. The molecular formula is C26H19ClN2O4. The molecule has 4 rings (SSSR count). The van der Waals surface area contributed by atoms with Gasteiger partial charge in [-0.2, -0.15) is 5.10 Å². The van der Waals surface area contributed by atoms with Crippen molar-refractivity contribution < 1.29 is 19.1 Å². The number of rotatable bonds is 7. The van der Waals surface area contributed by atoms with Crippen molar-refractivity contribution in [3.8, 4) is 11.5 Å². The van der Waals surface area contributed by atoms with E-state index < -0.39 is 11.9 Å². The molecule has 0 aliphatic heterocycles. The van der Waals surface area contributed by atoms with E-state index in [0.29, 0.717) is 27.6 Å². The number of carbonyl (C=O) groups excluding carboxylic acids is 2. The Bertz CT molecular complexity index is 1310. The van der Waals surface area contributed by atoms with Crippen molar-refractivity contribution in [2.45, 2.75) is 0 Å². The molecule has 0 heterocycles. The van der Waals surface area contributed by atoms with Gasteiger partial charge in [-0.25, -0.2) is 10.2 Å². The molecular weight excluding hydrogens is 440 g/mol. The number of hydrogen-bond donors (Lipinski definition) is 1. The van der Waals surface area contributed by atoms with Crippen LogP contribution in [0.2, 0.25) is 5.02 Å². The van der Waals surface area contributed by atoms with Crippen molar-refractivity contribution >= 4 is 40.5 Å². The Morgan fingerprint density at radius 2 is 1.55 bits per heavy atom. The van der Waals surface area contributed by atoms with Gasteiger partial charge in [0.05, 0.1) is 11.8 Å². The van der Waals surface area contributed by atoms with Crippen LogP contribution in [0.5, 0.6) is 11.5 Å². The molecule has 6 nitrogen and oxygen atoms in total. The first-order valence-electron chi connectivity index (χ1n) is 10.1. The fraction of sp³-hybridized carbons (Fsp3) is 0.0385. The lowest BCUT2D eigenvalue weighted by Crippen LogP contribution is -2.24. The van der Waals surface area contributed by atoms with Crippen molar-refractivity contribution in [1.29, 1.82) is 0 Å². The van der Waals surface area contributed by atoms with Crippen LogP contribution in [0.1, 0.15) is 15.9 Å². The Morgan fingerprint density at radius 3 is 2.39 bits per heavy atom. The molecule has 33 heavy (non-hydrogen) atoms. The van der Waals surface area contributed by atoms with Crippen molar-refractivity contribution in [1.82, 2.24) is 5.43 Å². The van der Waals surface area contributed by atoms with E-state index in [0.717, 1.165) is 10.8 Å². The molecule has 0 fully saturated rings. The third-order valence-electron chi connectivity index (χ3n) is 4.70. The minimum atomic E-state index is -0.528. The second kappa shape index (κ2) is 10.4. The Balaban J connectivity index is 1.36. The highest BCUT2D eigenvalue weighted by Gasteiger charge is 2.11. The lowest BCUT2D eigenvalue weighted by atomic mass is 10.1. The van der Waals surface area contributed by atoms with Crippen LogP contribution in [-0.4, -0.2) is 24.7 Å². The maximum atomic E-state index is 12.4.